The number of hydrogen-bond acceptors (Lipinski definition) is 5. The molecule has 1 aliphatic rings. The molecular formula is C19H26ClN5. The van der Waals surface area contributed by atoms with E-state index in [-0.39, 0.29) is 0 Å². The van der Waals surface area contributed by atoms with E-state index in [2.05, 4.69) is 45.7 Å². The average Bonchev–Trinajstić information content (AvgIpc) is 2.62. The Morgan fingerprint density at radius 3 is 2.32 bits per heavy atom. The van der Waals surface area contributed by atoms with Crippen molar-refractivity contribution in [3.63, 3.8) is 0 Å². The third-order valence-corrected chi connectivity index (χ3v) is 4.89. The van der Waals surface area contributed by atoms with Crippen LogP contribution in [0.2, 0.25) is 5.02 Å². The molecule has 0 saturated carbocycles. The van der Waals surface area contributed by atoms with Gasteiger partial charge in [0.25, 0.3) is 0 Å². The zero-order valence-corrected chi connectivity index (χ0v) is 16.0. The Kier molecular flexibility index (Phi) is 5.63. The van der Waals surface area contributed by atoms with Crippen molar-refractivity contribution in [2.75, 3.05) is 54.0 Å². The highest BCUT2D eigenvalue weighted by atomic mass is 35.5. The molecule has 25 heavy (non-hydrogen) atoms. The Balaban J connectivity index is 1.72. The standard InChI is InChI=1S/C19H26ClN5/c1-4-23(5-2)18-13-15(3)21-19(22-18)25-11-9-24(10-12-25)17-8-6-7-16(20)14-17/h6-8,13-14H,4-5,9-12H2,1-3H3. The van der Waals surface area contributed by atoms with Gasteiger partial charge in [-0.05, 0) is 39.0 Å². The maximum Gasteiger partial charge on any atom is 0.227 e. The molecule has 1 aromatic carbocycles. The molecule has 3 rings (SSSR count). The van der Waals surface area contributed by atoms with Crippen LogP contribution in [0.4, 0.5) is 17.5 Å². The third-order valence-electron chi connectivity index (χ3n) is 4.65. The first kappa shape index (κ1) is 17.8. The Morgan fingerprint density at radius 2 is 1.68 bits per heavy atom. The quantitative estimate of drug-likeness (QED) is 0.814. The predicted octanol–water partition coefficient (Wildman–Crippen LogP) is 3.61. The van der Waals surface area contributed by atoms with Crippen LogP contribution in [0.15, 0.2) is 30.3 Å². The minimum absolute atomic E-state index is 0.783. The van der Waals surface area contributed by atoms with Gasteiger partial charge in [-0.3, -0.25) is 0 Å². The van der Waals surface area contributed by atoms with Gasteiger partial charge in [0.05, 0.1) is 0 Å². The summed E-state index contributed by atoms with van der Waals surface area (Å²) in [6.07, 6.45) is 0. The van der Waals surface area contributed by atoms with Gasteiger partial charge in [-0.15, -0.1) is 0 Å². The molecule has 0 unspecified atom stereocenters. The van der Waals surface area contributed by atoms with Crippen LogP contribution < -0.4 is 14.7 Å². The lowest BCUT2D eigenvalue weighted by molar-refractivity contribution is 0.638. The van der Waals surface area contributed by atoms with Crippen LogP contribution in [0, 0.1) is 6.92 Å². The van der Waals surface area contributed by atoms with Crippen molar-refractivity contribution in [2.45, 2.75) is 20.8 Å². The molecule has 6 heteroatoms. The van der Waals surface area contributed by atoms with Gasteiger partial charge in [-0.25, -0.2) is 4.98 Å². The molecule has 2 aromatic rings. The lowest BCUT2D eigenvalue weighted by atomic mass is 10.2. The second-order valence-electron chi connectivity index (χ2n) is 6.29. The second kappa shape index (κ2) is 7.91. The normalized spacial score (nSPS) is 14.7. The SMILES string of the molecule is CCN(CC)c1cc(C)nc(N2CCN(c3cccc(Cl)c3)CC2)n1. The van der Waals surface area contributed by atoms with E-state index in [1.807, 2.05) is 25.1 Å². The van der Waals surface area contributed by atoms with E-state index in [9.17, 15) is 0 Å². The van der Waals surface area contributed by atoms with E-state index in [0.29, 0.717) is 0 Å². The van der Waals surface area contributed by atoms with E-state index < -0.39 is 0 Å². The number of benzene rings is 1. The van der Waals surface area contributed by atoms with Gasteiger partial charge in [0.2, 0.25) is 5.95 Å². The third kappa shape index (κ3) is 4.15. The van der Waals surface area contributed by atoms with Gasteiger partial charge in [0.1, 0.15) is 5.82 Å². The number of rotatable bonds is 5. The van der Waals surface area contributed by atoms with Crippen LogP contribution in [0.1, 0.15) is 19.5 Å². The Morgan fingerprint density at radius 1 is 1.00 bits per heavy atom. The first-order valence-corrected chi connectivity index (χ1v) is 9.34. The fraction of sp³-hybridized carbons (Fsp3) is 0.474. The molecule has 0 radical (unpaired) electrons. The van der Waals surface area contributed by atoms with Crippen molar-refractivity contribution in [1.82, 2.24) is 9.97 Å². The van der Waals surface area contributed by atoms with Crippen LogP contribution in [0.25, 0.3) is 0 Å². The number of nitrogens with zero attached hydrogens (tertiary/aromatic N) is 5. The molecule has 0 aliphatic carbocycles. The number of hydrogen-bond donors (Lipinski definition) is 0. The van der Waals surface area contributed by atoms with Crippen LogP contribution in [0.3, 0.4) is 0 Å². The van der Waals surface area contributed by atoms with E-state index in [4.69, 9.17) is 16.6 Å². The van der Waals surface area contributed by atoms with Crippen LogP contribution >= 0.6 is 11.6 Å². The molecule has 1 saturated heterocycles. The molecule has 0 bridgehead atoms. The summed E-state index contributed by atoms with van der Waals surface area (Å²) in [6.45, 7) is 12.0. The summed E-state index contributed by atoms with van der Waals surface area (Å²) in [4.78, 5) is 16.4. The zero-order chi connectivity index (χ0) is 17.8. The first-order valence-electron chi connectivity index (χ1n) is 8.96. The fourth-order valence-electron chi connectivity index (χ4n) is 3.23. The molecule has 0 amide bonds. The number of piperazine rings is 1. The van der Waals surface area contributed by atoms with Crippen molar-refractivity contribution in [3.8, 4) is 0 Å². The molecule has 134 valence electrons. The molecule has 1 fully saturated rings. The smallest absolute Gasteiger partial charge is 0.227 e. The van der Waals surface area contributed by atoms with Crippen molar-refractivity contribution in [3.05, 3.63) is 41.0 Å². The summed E-state index contributed by atoms with van der Waals surface area (Å²) in [5, 5.41) is 0.783. The van der Waals surface area contributed by atoms with Crippen molar-refractivity contribution in [1.29, 1.82) is 0 Å². The highest BCUT2D eigenvalue weighted by Gasteiger charge is 2.20. The Bertz CT molecular complexity index is 709. The van der Waals surface area contributed by atoms with Crippen molar-refractivity contribution in [2.24, 2.45) is 0 Å². The van der Waals surface area contributed by atoms with Crippen LogP contribution in [-0.2, 0) is 0 Å². The minimum Gasteiger partial charge on any atom is -0.368 e. The summed E-state index contributed by atoms with van der Waals surface area (Å²) in [6, 6.07) is 10.1. The van der Waals surface area contributed by atoms with Gasteiger partial charge < -0.3 is 14.7 Å². The lowest BCUT2D eigenvalue weighted by Gasteiger charge is -2.36. The number of aromatic nitrogens is 2. The molecule has 0 N–H and O–H groups in total. The van der Waals surface area contributed by atoms with Gasteiger partial charge in [-0.2, -0.15) is 4.98 Å². The van der Waals surface area contributed by atoms with Gasteiger partial charge in [-0.1, -0.05) is 17.7 Å². The summed E-state index contributed by atoms with van der Waals surface area (Å²) in [7, 11) is 0. The van der Waals surface area contributed by atoms with E-state index >= 15 is 0 Å². The largest absolute Gasteiger partial charge is 0.368 e. The average molecular weight is 360 g/mol. The zero-order valence-electron chi connectivity index (χ0n) is 15.2. The number of aryl methyl sites for hydroxylation is 1. The molecular weight excluding hydrogens is 334 g/mol. The van der Waals surface area contributed by atoms with Crippen molar-refractivity contribution >= 4 is 29.1 Å². The van der Waals surface area contributed by atoms with E-state index in [1.54, 1.807) is 0 Å². The maximum absolute atomic E-state index is 6.12. The monoisotopic (exact) mass is 359 g/mol. The molecule has 1 aromatic heterocycles. The van der Waals surface area contributed by atoms with E-state index in [1.165, 1.54) is 5.69 Å². The predicted molar refractivity (Wildman–Crippen MR) is 106 cm³/mol. The van der Waals surface area contributed by atoms with Crippen LogP contribution in [-0.4, -0.2) is 49.2 Å². The summed E-state index contributed by atoms with van der Waals surface area (Å²) >= 11 is 6.12. The summed E-state index contributed by atoms with van der Waals surface area (Å²) in [5.41, 5.74) is 2.20. The Hall–Kier alpha value is -2.01. The molecule has 5 nitrogen and oxygen atoms in total. The van der Waals surface area contributed by atoms with Gasteiger partial charge in [0, 0.05) is 61.7 Å². The minimum atomic E-state index is 0.783. The molecule has 1 aliphatic heterocycles. The Labute approximate surface area is 155 Å². The first-order chi connectivity index (χ1) is 12.1. The van der Waals surface area contributed by atoms with Crippen LogP contribution in [0.5, 0.6) is 0 Å². The van der Waals surface area contributed by atoms with E-state index in [0.717, 1.165) is 61.8 Å². The highest BCUT2D eigenvalue weighted by Crippen LogP contribution is 2.23. The maximum atomic E-state index is 6.12. The highest BCUT2D eigenvalue weighted by molar-refractivity contribution is 6.30. The van der Waals surface area contributed by atoms with Crippen molar-refractivity contribution < 1.29 is 0 Å². The fourth-order valence-corrected chi connectivity index (χ4v) is 3.41. The van der Waals surface area contributed by atoms with Gasteiger partial charge in [0.15, 0.2) is 0 Å². The molecule has 0 atom stereocenters. The molecule has 2 heterocycles. The second-order valence-corrected chi connectivity index (χ2v) is 6.73. The number of halogens is 1. The number of anilines is 3. The summed E-state index contributed by atoms with van der Waals surface area (Å²) in [5.74, 6) is 1.86. The van der Waals surface area contributed by atoms with Gasteiger partial charge >= 0.3 is 0 Å². The lowest BCUT2D eigenvalue weighted by Crippen LogP contribution is -2.47. The summed E-state index contributed by atoms with van der Waals surface area (Å²) < 4.78 is 0. The molecule has 0 spiro atoms. The topological polar surface area (TPSA) is 35.5 Å².